The van der Waals surface area contributed by atoms with Gasteiger partial charge in [0.2, 0.25) is 6.41 Å². The van der Waals surface area contributed by atoms with Gasteiger partial charge in [-0.25, -0.2) is 15.6 Å². The number of hydrogen-bond donors (Lipinski definition) is 2. The average Bonchev–Trinajstić information content (AvgIpc) is 3.07. The van der Waals surface area contributed by atoms with Crippen LogP contribution in [0.4, 0.5) is 4.79 Å². The van der Waals surface area contributed by atoms with Crippen LogP contribution >= 0.6 is 0 Å². The Morgan fingerprint density at radius 2 is 2.19 bits per heavy atom. The first-order valence-electron chi connectivity index (χ1n) is 6.72. The van der Waals surface area contributed by atoms with Gasteiger partial charge in [-0.15, -0.1) is 0 Å². The smallest absolute Gasteiger partial charge is 0.410 e. The van der Waals surface area contributed by atoms with Gasteiger partial charge in [0.05, 0.1) is 12.4 Å². The number of amides is 2. The van der Waals surface area contributed by atoms with Crippen LogP contribution in [0.3, 0.4) is 0 Å². The maximum atomic E-state index is 11.9. The number of aromatic nitrogens is 2. The van der Waals surface area contributed by atoms with Gasteiger partial charge < -0.3 is 14.2 Å². The van der Waals surface area contributed by atoms with Crippen molar-refractivity contribution in [2.45, 2.75) is 38.8 Å². The van der Waals surface area contributed by atoms with E-state index in [1.807, 2.05) is 31.5 Å². The zero-order valence-electron chi connectivity index (χ0n) is 12.7. The van der Waals surface area contributed by atoms with Crippen molar-refractivity contribution >= 4 is 12.5 Å². The van der Waals surface area contributed by atoms with E-state index < -0.39 is 5.60 Å². The number of rotatable bonds is 2. The summed E-state index contributed by atoms with van der Waals surface area (Å²) in [6.45, 7) is 7.10. The Labute approximate surface area is 124 Å². The first-order valence-corrected chi connectivity index (χ1v) is 6.72. The molecule has 8 heteroatoms. The minimum Gasteiger partial charge on any atom is -0.444 e. The molecular weight excluding hydrogens is 274 g/mol. The average molecular weight is 297 g/mol. The van der Waals surface area contributed by atoms with Gasteiger partial charge in [0, 0.05) is 25.5 Å². The Morgan fingerprint density at radius 3 is 2.67 bits per heavy atom. The number of imidazole rings is 1. The number of nitrogens with one attached hydrogen (secondary N) is 1. The van der Waals surface area contributed by atoms with Crippen molar-refractivity contribution < 1.29 is 14.3 Å². The molecule has 1 fully saturated rings. The molecule has 0 bridgehead atoms. The van der Waals surface area contributed by atoms with Crippen LogP contribution in [0.15, 0.2) is 18.7 Å². The summed E-state index contributed by atoms with van der Waals surface area (Å²) in [7, 11) is 0. The summed E-state index contributed by atoms with van der Waals surface area (Å²) in [6.07, 6.45) is 6.62. The van der Waals surface area contributed by atoms with Gasteiger partial charge in [-0.1, -0.05) is 0 Å². The number of carbonyl (C=O) groups is 2. The van der Waals surface area contributed by atoms with Gasteiger partial charge in [0.25, 0.3) is 0 Å². The second-order valence-corrected chi connectivity index (χ2v) is 5.66. The van der Waals surface area contributed by atoms with Crippen LogP contribution in [-0.4, -0.2) is 45.6 Å². The number of hydrazine groups is 1. The standard InChI is InChI=1S/C12H19N3O2.CH4N2O/c1-12(2,3)17-11(16)14-6-4-10(8-14)15-7-5-13-9-15;2-3-1-4/h5,7,9-10H,4,6,8H2,1-3H3;1H,2H2,(H,3,4). The maximum absolute atomic E-state index is 11.9. The van der Waals surface area contributed by atoms with Crippen molar-refractivity contribution in [3.63, 3.8) is 0 Å². The lowest BCUT2D eigenvalue weighted by Crippen LogP contribution is -2.35. The molecule has 0 aliphatic carbocycles. The summed E-state index contributed by atoms with van der Waals surface area (Å²) < 4.78 is 7.40. The molecule has 2 amide bonds. The molecule has 2 heterocycles. The van der Waals surface area contributed by atoms with Crippen LogP contribution < -0.4 is 11.3 Å². The first kappa shape index (κ1) is 17.0. The fourth-order valence-electron chi connectivity index (χ4n) is 1.96. The molecule has 0 radical (unpaired) electrons. The van der Waals surface area contributed by atoms with Crippen molar-refractivity contribution in [1.29, 1.82) is 0 Å². The molecule has 1 saturated heterocycles. The molecule has 3 N–H and O–H groups in total. The van der Waals surface area contributed by atoms with Crippen molar-refractivity contribution in [3.05, 3.63) is 18.7 Å². The third-order valence-electron chi connectivity index (χ3n) is 2.83. The highest BCUT2D eigenvalue weighted by atomic mass is 16.6. The summed E-state index contributed by atoms with van der Waals surface area (Å²) in [5.41, 5.74) is 1.32. The zero-order valence-corrected chi connectivity index (χ0v) is 12.7. The van der Waals surface area contributed by atoms with Crippen molar-refractivity contribution in [2.75, 3.05) is 13.1 Å². The number of carbonyl (C=O) groups excluding carboxylic acids is 2. The van der Waals surface area contributed by atoms with E-state index >= 15 is 0 Å². The Balaban J connectivity index is 0.000000491. The lowest BCUT2D eigenvalue weighted by Gasteiger charge is -2.24. The minimum absolute atomic E-state index is 0.222. The summed E-state index contributed by atoms with van der Waals surface area (Å²) >= 11 is 0. The number of nitrogens with two attached hydrogens (primary N) is 1. The van der Waals surface area contributed by atoms with Crippen molar-refractivity contribution in [1.82, 2.24) is 19.9 Å². The highest BCUT2D eigenvalue weighted by Crippen LogP contribution is 2.22. The number of ether oxygens (including phenoxy) is 1. The largest absolute Gasteiger partial charge is 0.444 e. The molecule has 0 saturated carbocycles. The predicted octanol–water partition coefficient (Wildman–Crippen LogP) is 0.671. The van der Waals surface area contributed by atoms with Gasteiger partial charge in [-0.05, 0) is 27.2 Å². The van der Waals surface area contributed by atoms with E-state index in [1.54, 1.807) is 22.8 Å². The maximum Gasteiger partial charge on any atom is 0.410 e. The fraction of sp³-hybridized carbons (Fsp3) is 0.615. The van der Waals surface area contributed by atoms with Gasteiger partial charge in [-0.3, -0.25) is 10.2 Å². The molecule has 0 aromatic carbocycles. The minimum atomic E-state index is -0.426. The third-order valence-corrected chi connectivity index (χ3v) is 2.83. The quantitative estimate of drug-likeness (QED) is 0.361. The first-order chi connectivity index (χ1) is 9.87. The SMILES string of the molecule is CC(C)(C)OC(=O)N1CCC(n2ccnc2)C1.NNC=O. The fourth-order valence-corrected chi connectivity index (χ4v) is 1.96. The van der Waals surface area contributed by atoms with Crippen LogP contribution in [-0.2, 0) is 9.53 Å². The molecule has 21 heavy (non-hydrogen) atoms. The highest BCUT2D eigenvalue weighted by Gasteiger charge is 2.30. The number of likely N-dealkylation sites (tertiary alicyclic amines) is 1. The molecule has 1 aliphatic rings. The third kappa shape index (κ3) is 5.82. The second-order valence-electron chi connectivity index (χ2n) is 5.66. The number of nitrogens with zero attached hydrogens (tertiary/aromatic N) is 3. The van der Waals surface area contributed by atoms with Crippen molar-refractivity contribution in [3.8, 4) is 0 Å². The van der Waals surface area contributed by atoms with Crippen LogP contribution in [0.1, 0.15) is 33.2 Å². The van der Waals surface area contributed by atoms with Crippen LogP contribution in [0, 0.1) is 0 Å². The molecule has 118 valence electrons. The van der Waals surface area contributed by atoms with E-state index in [0.717, 1.165) is 13.0 Å². The van der Waals surface area contributed by atoms with Gasteiger partial charge in [-0.2, -0.15) is 0 Å². The second kappa shape index (κ2) is 7.63. The van der Waals surface area contributed by atoms with Gasteiger partial charge in [0.15, 0.2) is 0 Å². The summed E-state index contributed by atoms with van der Waals surface area (Å²) in [5.74, 6) is 4.41. The van der Waals surface area contributed by atoms with E-state index in [1.165, 1.54) is 0 Å². The Kier molecular flexibility index (Phi) is 6.16. The molecule has 1 aliphatic heterocycles. The van der Waals surface area contributed by atoms with Crippen LogP contribution in [0.2, 0.25) is 0 Å². The normalized spacial score (nSPS) is 17.7. The zero-order chi connectivity index (χ0) is 15.9. The topological polar surface area (TPSA) is 102 Å². The van der Waals surface area contributed by atoms with E-state index in [2.05, 4.69) is 10.8 Å². The molecule has 2 rings (SSSR count). The highest BCUT2D eigenvalue weighted by molar-refractivity contribution is 5.68. The molecule has 1 unspecified atom stereocenters. The Bertz CT molecular complexity index is 441. The van der Waals surface area contributed by atoms with Crippen LogP contribution in [0.5, 0.6) is 0 Å². The molecule has 1 aromatic rings. The Morgan fingerprint density at radius 1 is 1.52 bits per heavy atom. The lowest BCUT2D eigenvalue weighted by atomic mass is 10.2. The van der Waals surface area contributed by atoms with Gasteiger partial charge >= 0.3 is 6.09 Å². The Hall–Kier alpha value is -2.09. The van der Waals surface area contributed by atoms with E-state index in [4.69, 9.17) is 9.53 Å². The van der Waals surface area contributed by atoms with Gasteiger partial charge in [0.1, 0.15) is 5.60 Å². The molecule has 0 spiro atoms. The molecular formula is C13H23N5O3. The predicted molar refractivity (Wildman–Crippen MR) is 77.1 cm³/mol. The van der Waals surface area contributed by atoms with E-state index in [9.17, 15) is 4.79 Å². The molecule has 1 aromatic heterocycles. The molecule has 8 nitrogen and oxygen atoms in total. The summed E-state index contributed by atoms with van der Waals surface area (Å²) in [6, 6.07) is 0.324. The summed E-state index contributed by atoms with van der Waals surface area (Å²) in [4.78, 5) is 26.6. The van der Waals surface area contributed by atoms with Crippen molar-refractivity contribution in [2.24, 2.45) is 5.84 Å². The number of hydrogen-bond acceptors (Lipinski definition) is 5. The lowest BCUT2D eigenvalue weighted by molar-refractivity contribution is -0.109. The summed E-state index contributed by atoms with van der Waals surface area (Å²) in [5, 5.41) is 0. The van der Waals surface area contributed by atoms with E-state index in [-0.39, 0.29) is 6.09 Å². The monoisotopic (exact) mass is 297 g/mol. The van der Waals surface area contributed by atoms with Crippen LogP contribution in [0.25, 0.3) is 0 Å². The molecule has 1 atom stereocenters. The van der Waals surface area contributed by atoms with E-state index in [0.29, 0.717) is 19.0 Å².